The molecule has 3 aromatic heterocycles. The molecule has 10 nitrogen and oxygen atoms in total. The van der Waals surface area contributed by atoms with E-state index in [1.54, 1.807) is 12.3 Å². The number of rotatable bonds is 6. The number of H-pyrrole nitrogens is 1. The number of pyridine rings is 1. The van der Waals surface area contributed by atoms with Gasteiger partial charge in [-0.3, -0.25) is 9.89 Å². The first-order valence-corrected chi connectivity index (χ1v) is 12.4. The van der Waals surface area contributed by atoms with E-state index in [1.165, 1.54) is 4.90 Å². The van der Waals surface area contributed by atoms with Gasteiger partial charge >= 0.3 is 6.01 Å². The Bertz CT molecular complexity index is 1330. The standard InChI is InChI=1S/C25H27FN8O2/c26-17-5-11-34(13-17)23(35)19-12-20(30-24(29-19)36-15-25(14-27)6-7-25)33-9-3-16(4-10-33)21-18-2-1-8-28-22(18)32-31-21/h1-2,8,12,16-17H,3-7,9-11,13,15H2,(H,28,31,32). The fourth-order valence-electron chi connectivity index (χ4n) is 5.02. The van der Waals surface area contributed by atoms with Crippen LogP contribution in [-0.2, 0) is 0 Å². The van der Waals surface area contributed by atoms with Gasteiger partial charge < -0.3 is 14.5 Å². The van der Waals surface area contributed by atoms with Crippen LogP contribution in [0, 0.1) is 16.7 Å². The van der Waals surface area contributed by atoms with Crippen LogP contribution in [0.5, 0.6) is 6.01 Å². The van der Waals surface area contributed by atoms with Gasteiger partial charge in [0, 0.05) is 43.2 Å². The average Bonchev–Trinajstić information content (AvgIpc) is 3.36. The molecule has 1 unspecified atom stereocenters. The number of nitrogens with zero attached hydrogens (tertiary/aromatic N) is 7. The molecule has 3 aliphatic rings. The second-order valence-electron chi connectivity index (χ2n) is 9.98. The predicted octanol–water partition coefficient (Wildman–Crippen LogP) is 3.00. The number of hydrogen-bond acceptors (Lipinski definition) is 8. The fraction of sp³-hybridized carbons (Fsp3) is 0.520. The van der Waals surface area contributed by atoms with Crippen molar-refractivity contribution < 1.29 is 13.9 Å². The smallest absolute Gasteiger partial charge is 0.319 e. The van der Waals surface area contributed by atoms with Crippen LogP contribution in [0.4, 0.5) is 10.2 Å². The molecule has 0 radical (unpaired) electrons. The van der Waals surface area contributed by atoms with E-state index in [0.717, 1.165) is 55.5 Å². The fourth-order valence-corrected chi connectivity index (χ4v) is 5.02. The predicted molar refractivity (Wildman–Crippen MR) is 128 cm³/mol. The molecular formula is C25H27FN8O2. The second-order valence-corrected chi connectivity index (χ2v) is 9.98. The summed E-state index contributed by atoms with van der Waals surface area (Å²) in [6.45, 7) is 2.08. The van der Waals surface area contributed by atoms with E-state index in [2.05, 4.69) is 36.1 Å². The van der Waals surface area contributed by atoms with Crippen molar-refractivity contribution in [2.24, 2.45) is 5.41 Å². The lowest BCUT2D eigenvalue weighted by atomic mass is 9.92. The van der Waals surface area contributed by atoms with Crippen molar-refractivity contribution in [1.29, 1.82) is 5.26 Å². The van der Waals surface area contributed by atoms with Gasteiger partial charge in [0.1, 0.15) is 24.3 Å². The molecule has 2 aliphatic heterocycles. The molecule has 3 fully saturated rings. The van der Waals surface area contributed by atoms with Gasteiger partial charge in [0.05, 0.1) is 23.7 Å². The van der Waals surface area contributed by atoms with Crippen LogP contribution >= 0.6 is 0 Å². The number of nitrogens with one attached hydrogen (secondary N) is 1. The number of nitriles is 1. The summed E-state index contributed by atoms with van der Waals surface area (Å²) in [5.74, 6) is 0.568. The number of carbonyl (C=O) groups is 1. The molecule has 6 rings (SSSR count). The summed E-state index contributed by atoms with van der Waals surface area (Å²) in [5.41, 5.74) is 1.53. The van der Waals surface area contributed by atoms with Gasteiger partial charge in [-0.05, 0) is 44.2 Å². The van der Waals surface area contributed by atoms with Gasteiger partial charge in [0.15, 0.2) is 5.65 Å². The molecular weight excluding hydrogens is 463 g/mol. The molecule has 186 valence electrons. The van der Waals surface area contributed by atoms with E-state index in [-0.39, 0.29) is 36.7 Å². The van der Waals surface area contributed by atoms with Gasteiger partial charge in [0.2, 0.25) is 0 Å². The Balaban J connectivity index is 1.22. The van der Waals surface area contributed by atoms with E-state index in [0.29, 0.717) is 18.8 Å². The SMILES string of the molecule is N#CC1(COc2nc(C(=O)N3CCC(F)C3)cc(N3CCC(c4n[nH]c5ncccc45)CC3)n2)CC1. The molecule has 2 saturated heterocycles. The number of hydrogen-bond donors (Lipinski definition) is 1. The number of alkyl halides is 1. The monoisotopic (exact) mass is 490 g/mol. The first kappa shape index (κ1) is 22.6. The number of halogens is 1. The van der Waals surface area contributed by atoms with E-state index >= 15 is 0 Å². The summed E-state index contributed by atoms with van der Waals surface area (Å²) in [7, 11) is 0. The lowest BCUT2D eigenvalue weighted by Crippen LogP contribution is -2.35. The highest BCUT2D eigenvalue weighted by Crippen LogP contribution is 2.45. The molecule has 0 bridgehead atoms. The Morgan fingerprint density at radius 3 is 2.81 bits per heavy atom. The maximum atomic E-state index is 13.7. The molecule has 3 aromatic rings. The van der Waals surface area contributed by atoms with Crippen LogP contribution in [0.1, 0.15) is 54.2 Å². The van der Waals surface area contributed by atoms with Crippen molar-refractivity contribution in [3.8, 4) is 12.1 Å². The van der Waals surface area contributed by atoms with Gasteiger partial charge in [-0.15, -0.1) is 0 Å². The molecule has 11 heteroatoms. The highest BCUT2D eigenvalue weighted by molar-refractivity contribution is 5.93. The highest BCUT2D eigenvalue weighted by Gasteiger charge is 2.44. The summed E-state index contributed by atoms with van der Waals surface area (Å²) in [6, 6.07) is 8.01. The summed E-state index contributed by atoms with van der Waals surface area (Å²) in [4.78, 5) is 30.0. The third kappa shape index (κ3) is 4.32. The minimum atomic E-state index is -1.01. The van der Waals surface area contributed by atoms with E-state index in [9.17, 15) is 14.4 Å². The second kappa shape index (κ2) is 9.00. The van der Waals surface area contributed by atoms with Crippen molar-refractivity contribution in [2.45, 2.75) is 44.2 Å². The molecule has 36 heavy (non-hydrogen) atoms. The minimum absolute atomic E-state index is 0.0732. The lowest BCUT2D eigenvalue weighted by Gasteiger charge is -2.32. The van der Waals surface area contributed by atoms with Crippen LogP contribution in [0.15, 0.2) is 24.4 Å². The number of carbonyl (C=O) groups excluding carboxylic acids is 1. The Labute approximate surface area is 207 Å². The number of aromatic nitrogens is 5. The van der Waals surface area contributed by atoms with Crippen molar-refractivity contribution in [2.75, 3.05) is 37.7 Å². The largest absolute Gasteiger partial charge is 0.462 e. The third-order valence-electron chi connectivity index (χ3n) is 7.47. The van der Waals surface area contributed by atoms with Gasteiger partial charge in [0.25, 0.3) is 5.91 Å². The van der Waals surface area contributed by atoms with E-state index < -0.39 is 11.6 Å². The molecule has 1 N–H and O–H groups in total. The first-order chi connectivity index (χ1) is 17.5. The first-order valence-electron chi connectivity index (χ1n) is 12.4. The van der Waals surface area contributed by atoms with Gasteiger partial charge in [-0.2, -0.15) is 20.3 Å². The number of anilines is 1. The van der Waals surface area contributed by atoms with Crippen LogP contribution in [0.3, 0.4) is 0 Å². The van der Waals surface area contributed by atoms with Crippen LogP contribution in [0.25, 0.3) is 11.0 Å². The molecule has 1 aliphatic carbocycles. The molecule has 0 spiro atoms. The van der Waals surface area contributed by atoms with Crippen molar-refractivity contribution in [3.05, 3.63) is 35.8 Å². The Hall–Kier alpha value is -3.81. The summed E-state index contributed by atoms with van der Waals surface area (Å²) < 4.78 is 19.6. The normalized spacial score (nSPS) is 21.5. The van der Waals surface area contributed by atoms with Crippen molar-refractivity contribution in [3.63, 3.8) is 0 Å². The maximum absolute atomic E-state index is 13.7. The molecule has 1 saturated carbocycles. The van der Waals surface area contributed by atoms with Gasteiger partial charge in [-0.1, -0.05) is 0 Å². The zero-order valence-corrected chi connectivity index (χ0v) is 19.9. The van der Waals surface area contributed by atoms with Crippen LogP contribution in [0.2, 0.25) is 0 Å². The maximum Gasteiger partial charge on any atom is 0.319 e. The highest BCUT2D eigenvalue weighted by atomic mass is 19.1. The zero-order valence-electron chi connectivity index (χ0n) is 19.9. The van der Waals surface area contributed by atoms with Crippen LogP contribution < -0.4 is 9.64 Å². The lowest BCUT2D eigenvalue weighted by molar-refractivity contribution is 0.0775. The Morgan fingerprint density at radius 2 is 2.08 bits per heavy atom. The van der Waals surface area contributed by atoms with E-state index in [1.807, 2.05) is 12.1 Å². The third-order valence-corrected chi connectivity index (χ3v) is 7.47. The van der Waals surface area contributed by atoms with Gasteiger partial charge in [-0.25, -0.2) is 9.37 Å². The minimum Gasteiger partial charge on any atom is -0.462 e. The Kier molecular flexibility index (Phi) is 5.66. The van der Waals surface area contributed by atoms with Crippen molar-refractivity contribution >= 4 is 22.8 Å². The van der Waals surface area contributed by atoms with Crippen LogP contribution in [-0.4, -0.2) is 74.9 Å². The molecule has 0 aromatic carbocycles. The summed E-state index contributed by atoms with van der Waals surface area (Å²) in [6.07, 6.45) is 4.37. The quantitative estimate of drug-likeness (QED) is 0.559. The number of aromatic amines is 1. The number of ether oxygens (including phenoxy) is 1. The molecule has 5 heterocycles. The summed E-state index contributed by atoms with van der Waals surface area (Å²) in [5, 5.41) is 18.0. The topological polar surface area (TPSA) is 124 Å². The summed E-state index contributed by atoms with van der Waals surface area (Å²) >= 11 is 0. The average molecular weight is 491 g/mol. The Morgan fingerprint density at radius 1 is 1.25 bits per heavy atom. The number of piperidine rings is 1. The number of amides is 1. The molecule has 1 amide bonds. The molecule has 1 atom stereocenters. The number of fused-ring (bicyclic) bond motifs is 1. The van der Waals surface area contributed by atoms with E-state index in [4.69, 9.17) is 4.74 Å². The van der Waals surface area contributed by atoms with Crippen molar-refractivity contribution in [1.82, 2.24) is 30.0 Å². The zero-order chi connectivity index (χ0) is 24.7. The number of likely N-dealkylation sites (tertiary alicyclic amines) is 1.